The molecule has 0 unspecified atom stereocenters. The number of anilines is 1. The molecule has 23 heavy (non-hydrogen) atoms. The summed E-state index contributed by atoms with van der Waals surface area (Å²) in [4.78, 5) is 26.4. The summed E-state index contributed by atoms with van der Waals surface area (Å²) < 4.78 is 6.95. The maximum absolute atomic E-state index is 12.4. The molecular formula is C18H17N2O3+. The van der Waals surface area contributed by atoms with Crippen molar-refractivity contribution in [3.8, 4) is 0 Å². The molecule has 2 aromatic heterocycles. The van der Waals surface area contributed by atoms with E-state index in [0.29, 0.717) is 5.58 Å². The van der Waals surface area contributed by atoms with Crippen molar-refractivity contribution in [3.05, 3.63) is 70.8 Å². The van der Waals surface area contributed by atoms with Crippen LogP contribution in [0.5, 0.6) is 0 Å². The second kappa shape index (κ2) is 6.04. The Hall–Kier alpha value is -2.95. The van der Waals surface area contributed by atoms with Crippen molar-refractivity contribution in [1.82, 2.24) is 0 Å². The van der Waals surface area contributed by atoms with Gasteiger partial charge in [-0.15, -0.1) is 0 Å². The first-order valence-electron chi connectivity index (χ1n) is 7.27. The fourth-order valence-electron chi connectivity index (χ4n) is 2.36. The molecule has 0 saturated heterocycles. The molecule has 0 aliphatic carbocycles. The van der Waals surface area contributed by atoms with Crippen LogP contribution in [-0.4, -0.2) is 19.9 Å². The molecule has 0 saturated carbocycles. The zero-order valence-corrected chi connectivity index (χ0v) is 13.0. The molecule has 5 nitrogen and oxygen atoms in total. The largest absolute Gasteiger partial charge is 0.422 e. The Morgan fingerprint density at radius 1 is 1.13 bits per heavy atom. The van der Waals surface area contributed by atoms with Crippen LogP contribution in [0.25, 0.3) is 11.0 Å². The number of rotatable bonds is 4. The molecule has 0 atom stereocenters. The Balaban J connectivity index is 1.88. The lowest BCUT2D eigenvalue weighted by atomic mass is 10.1. The third kappa shape index (κ3) is 3.13. The van der Waals surface area contributed by atoms with Crippen LogP contribution < -0.4 is 15.1 Å². The normalized spacial score (nSPS) is 10.7. The van der Waals surface area contributed by atoms with Gasteiger partial charge in [-0.1, -0.05) is 18.2 Å². The Labute approximate surface area is 133 Å². The summed E-state index contributed by atoms with van der Waals surface area (Å²) in [5.41, 5.74) is 1.00. The number of aromatic nitrogens is 1. The van der Waals surface area contributed by atoms with Crippen molar-refractivity contribution in [1.29, 1.82) is 0 Å². The lowest BCUT2D eigenvalue weighted by molar-refractivity contribution is -0.683. The number of carbonyl (C=O) groups is 1. The first-order chi connectivity index (χ1) is 11.0. The van der Waals surface area contributed by atoms with Gasteiger partial charge in [0, 0.05) is 37.3 Å². The average molecular weight is 309 g/mol. The molecule has 0 aliphatic heterocycles. The maximum Gasteiger partial charge on any atom is 0.347 e. The van der Waals surface area contributed by atoms with Crippen LogP contribution in [0.3, 0.4) is 0 Å². The van der Waals surface area contributed by atoms with E-state index in [1.807, 2.05) is 55.7 Å². The standard InChI is InChI=1S/C18H17N2O3/c1-19(2)14-7-9-20(10-8-14)12-16(21)15-11-13-5-3-4-6-17(13)23-18(15)22/h3-11H,12H2,1-2H3/q+1. The van der Waals surface area contributed by atoms with Gasteiger partial charge in [-0.05, 0) is 12.1 Å². The van der Waals surface area contributed by atoms with Crippen molar-refractivity contribution in [2.24, 2.45) is 0 Å². The van der Waals surface area contributed by atoms with E-state index < -0.39 is 5.63 Å². The highest BCUT2D eigenvalue weighted by Gasteiger charge is 2.18. The lowest BCUT2D eigenvalue weighted by Crippen LogP contribution is -2.38. The minimum atomic E-state index is -0.598. The van der Waals surface area contributed by atoms with Gasteiger partial charge in [-0.3, -0.25) is 4.79 Å². The summed E-state index contributed by atoms with van der Waals surface area (Å²) in [6, 6.07) is 12.6. The van der Waals surface area contributed by atoms with Crippen molar-refractivity contribution < 1.29 is 13.8 Å². The van der Waals surface area contributed by atoms with Gasteiger partial charge in [0.05, 0.1) is 0 Å². The summed E-state index contributed by atoms with van der Waals surface area (Å²) in [6.45, 7) is 0.0941. The van der Waals surface area contributed by atoms with Crippen molar-refractivity contribution in [3.63, 3.8) is 0 Å². The molecule has 0 amide bonds. The Morgan fingerprint density at radius 2 is 1.83 bits per heavy atom. The number of para-hydroxylation sites is 1. The molecule has 5 heteroatoms. The number of ketones is 1. The molecule has 3 aromatic rings. The van der Waals surface area contributed by atoms with Gasteiger partial charge in [-0.2, -0.15) is 4.57 Å². The van der Waals surface area contributed by atoms with Gasteiger partial charge < -0.3 is 9.32 Å². The molecule has 0 aliphatic rings. The number of carbonyl (C=O) groups excluding carboxylic acids is 1. The molecule has 2 heterocycles. The van der Waals surface area contributed by atoms with Gasteiger partial charge in [0.15, 0.2) is 12.4 Å². The lowest BCUT2D eigenvalue weighted by Gasteiger charge is -2.10. The Bertz CT molecular complexity index is 911. The third-order valence-corrected chi connectivity index (χ3v) is 3.66. The van der Waals surface area contributed by atoms with E-state index in [4.69, 9.17) is 4.42 Å². The van der Waals surface area contributed by atoms with E-state index in [-0.39, 0.29) is 17.9 Å². The summed E-state index contributed by atoms with van der Waals surface area (Å²) in [5.74, 6) is -0.271. The number of pyridine rings is 1. The second-order valence-corrected chi connectivity index (χ2v) is 5.53. The highest BCUT2D eigenvalue weighted by molar-refractivity contribution is 5.97. The molecular weight excluding hydrogens is 292 g/mol. The van der Waals surface area contributed by atoms with E-state index in [2.05, 4.69) is 0 Å². The number of hydrogen-bond donors (Lipinski definition) is 0. The van der Waals surface area contributed by atoms with E-state index in [0.717, 1.165) is 11.1 Å². The third-order valence-electron chi connectivity index (χ3n) is 3.66. The molecule has 0 radical (unpaired) electrons. The van der Waals surface area contributed by atoms with Crippen molar-refractivity contribution in [2.75, 3.05) is 19.0 Å². The predicted octanol–water partition coefficient (Wildman–Crippen LogP) is 2.03. The number of nitrogens with zero attached hydrogens (tertiary/aromatic N) is 2. The highest BCUT2D eigenvalue weighted by Crippen LogP contribution is 2.13. The zero-order chi connectivity index (χ0) is 16.4. The van der Waals surface area contributed by atoms with Crippen LogP contribution in [0.4, 0.5) is 5.69 Å². The fourth-order valence-corrected chi connectivity index (χ4v) is 2.36. The fraction of sp³-hybridized carbons (Fsp3) is 0.167. The second-order valence-electron chi connectivity index (χ2n) is 5.53. The molecule has 0 fully saturated rings. The van der Waals surface area contributed by atoms with Gasteiger partial charge in [0.2, 0.25) is 12.3 Å². The van der Waals surface area contributed by atoms with Crippen LogP contribution in [0.1, 0.15) is 10.4 Å². The SMILES string of the molecule is CN(C)c1cc[n+](CC(=O)c2cc3ccccc3oc2=O)cc1. The van der Waals surface area contributed by atoms with Crippen LogP contribution in [-0.2, 0) is 6.54 Å². The quantitative estimate of drug-likeness (QED) is 0.420. The van der Waals surface area contributed by atoms with E-state index in [9.17, 15) is 9.59 Å². The van der Waals surface area contributed by atoms with E-state index in [1.54, 1.807) is 22.8 Å². The highest BCUT2D eigenvalue weighted by atomic mass is 16.4. The van der Waals surface area contributed by atoms with E-state index >= 15 is 0 Å². The van der Waals surface area contributed by atoms with Gasteiger partial charge in [0.25, 0.3) is 0 Å². The summed E-state index contributed by atoms with van der Waals surface area (Å²) >= 11 is 0. The Kier molecular flexibility index (Phi) is 3.93. The smallest absolute Gasteiger partial charge is 0.347 e. The van der Waals surface area contributed by atoms with Crippen LogP contribution >= 0.6 is 0 Å². The minimum Gasteiger partial charge on any atom is -0.422 e. The summed E-state index contributed by atoms with van der Waals surface area (Å²) in [7, 11) is 3.90. The number of fused-ring (bicyclic) bond motifs is 1. The van der Waals surface area contributed by atoms with Gasteiger partial charge in [0.1, 0.15) is 11.1 Å². The molecule has 116 valence electrons. The number of benzene rings is 1. The van der Waals surface area contributed by atoms with Crippen LogP contribution in [0.2, 0.25) is 0 Å². The zero-order valence-electron chi connectivity index (χ0n) is 13.0. The summed E-state index contributed by atoms with van der Waals surface area (Å²) in [6.07, 6.45) is 3.63. The number of hydrogen-bond acceptors (Lipinski definition) is 4. The van der Waals surface area contributed by atoms with Gasteiger partial charge in [-0.25, -0.2) is 4.79 Å². The molecule has 0 bridgehead atoms. The molecule has 3 rings (SSSR count). The first-order valence-corrected chi connectivity index (χ1v) is 7.27. The molecule has 1 aromatic carbocycles. The summed E-state index contributed by atoms with van der Waals surface area (Å²) in [5, 5.41) is 0.739. The van der Waals surface area contributed by atoms with Crippen LogP contribution in [0, 0.1) is 0 Å². The predicted molar refractivity (Wildman–Crippen MR) is 87.8 cm³/mol. The first kappa shape index (κ1) is 15.0. The topological polar surface area (TPSA) is 54.4 Å². The van der Waals surface area contributed by atoms with Crippen molar-refractivity contribution in [2.45, 2.75) is 6.54 Å². The monoisotopic (exact) mass is 309 g/mol. The minimum absolute atomic E-state index is 0.0767. The average Bonchev–Trinajstić information content (AvgIpc) is 2.54. The van der Waals surface area contributed by atoms with Crippen LogP contribution in [0.15, 0.2) is 64.1 Å². The number of Topliss-reactive ketones (excluding diaryl/α,β-unsaturated/α-hetero) is 1. The van der Waals surface area contributed by atoms with E-state index in [1.165, 1.54) is 0 Å². The maximum atomic E-state index is 12.4. The molecule has 0 N–H and O–H groups in total. The molecule has 0 spiro atoms. The van der Waals surface area contributed by atoms with Gasteiger partial charge >= 0.3 is 5.63 Å². The Morgan fingerprint density at radius 3 is 2.52 bits per heavy atom. The van der Waals surface area contributed by atoms with Crippen molar-refractivity contribution >= 4 is 22.4 Å².